The number of rotatable bonds is 6. The first-order chi connectivity index (χ1) is 17.0. The van der Waals surface area contributed by atoms with Gasteiger partial charge in [0, 0.05) is 11.4 Å². The average molecular weight is 502 g/mol. The Morgan fingerprint density at radius 1 is 1.19 bits per heavy atom. The summed E-state index contributed by atoms with van der Waals surface area (Å²) in [6.45, 7) is 5.62. The zero-order valence-electron chi connectivity index (χ0n) is 20.5. The van der Waals surface area contributed by atoms with Crippen molar-refractivity contribution in [3.63, 3.8) is 0 Å². The van der Waals surface area contributed by atoms with Gasteiger partial charge in [-0.15, -0.1) is 0 Å². The maximum Gasteiger partial charge on any atom is 0.416 e. The Bertz CT molecular complexity index is 1250. The first-order valence-electron chi connectivity index (χ1n) is 12.1. The van der Waals surface area contributed by atoms with E-state index < -0.39 is 23.4 Å². The second-order valence-corrected chi connectivity index (χ2v) is 9.40. The summed E-state index contributed by atoms with van der Waals surface area (Å²) in [5.74, 6) is 0.551. The van der Waals surface area contributed by atoms with Gasteiger partial charge in [0.05, 0.1) is 29.2 Å². The van der Waals surface area contributed by atoms with E-state index in [0.717, 1.165) is 12.1 Å². The van der Waals surface area contributed by atoms with Crippen LogP contribution in [0.4, 0.5) is 19.0 Å². The Morgan fingerprint density at radius 3 is 2.58 bits per heavy atom. The Labute approximate surface area is 207 Å². The summed E-state index contributed by atoms with van der Waals surface area (Å²) in [7, 11) is 0. The minimum absolute atomic E-state index is 0.220. The first-order valence-corrected chi connectivity index (χ1v) is 12.1. The fourth-order valence-corrected chi connectivity index (χ4v) is 4.80. The van der Waals surface area contributed by atoms with E-state index in [1.54, 1.807) is 26.8 Å². The van der Waals surface area contributed by atoms with Crippen LogP contribution in [0.1, 0.15) is 68.1 Å². The zero-order chi connectivity index (χ0) is 26.1. The minimum Gasteiger partial charge on any atom is -0.466 e. The third-order valence-electron chi connectivity index (χ3n) is 6.84. The van der Waals surface area contributed by atoms with Gasteiger partial charge in [-0.05, 0) is 81.8 Å². The van der Waals surface area contributed by atoms with Gasteiger partial charge in [0.1, 0.15) is 11.6 Å². The molecule has 9 heteroatoms. The van der Waals surface area contributed by atoms with Crippen molar-refractivity contribution < 1.29 is 27.8 Å². The molecule has 4 rings (SSSR count). The molecule has 1 atom stereocenters. The number of aliphatic hydroxyl groups is 1. The number of fused-ring (bicyclic) bond motifs is 1. The van der Waals surface area contributed by atoms with E-state index in [1.165, 1.54) is 6.07 Å². The third-order valence-corrected chi connectivity index (χ3v) is 6.84. The molecule has 1 fully saturated rings. The number of aromatic nitrogens is 2. The van der Waals surface area contributed by atoms with E-state index in [0.29, 0.717) is 66.0 Å². The van der Waals surface area contributed by atoms with Gasteiger partial charge in [0.25, 0.3) is 0 Å². The number of hydrogen-bond acceptors (Lipinski definition) is 6. The quantitative estimate of drug-likeness (QED) is 0.399. The van der Waals surface area contributed by atoms with Crippen molar-refractivity contribution in [3.05, 3.63) is 65.0 Å². The number of carbonyl (C=O) groups is 1. The second kappa shape index (κ2) is 10.0. The van der Waals surface area contributed by atoms with Gasteiger partial charge in [-0.3, -0.25) is 4.79 Å². The highest BCUT2D eigenvalue weighted by atomic mass is 19.4. The lowest BCUT2D eigenvalue weighted by Crippen LogP contribution is -2.34. The molecular weight excluding hydrogens is 471 g/mol. The number of alkyl halides is 3. The molecule has 0 saturated heterocycles. The van der Waals surface area contributed by atoms with Crippen LogP contribution in [0.15, 0.2) is 42.5 Å². The predicted molar refractivity (Wildman–Crippen MR) is 130 cm³/mol. The number of benzene rings is 2. The van der Waals surface area contributed by atoms with Crippen LogP contribution in [0.2, 0.25) is 0 Å². The van der Waals surface area contributed by atoms with E-state index in [-0.39, 0.29) is 11.9 Å². The Hall–Kier alpha value is -3.20. The second-order valence-electron chi connectivity index (χ2n) is 9.40. The van der Waals surface area contributed by atoms with Gasteiger partial charge < -0.3 is 15.2 Å². The zero-order valence-corrected chi connectivity index (χ0v) is 20.5. The van der Waals surface area contributed by atoms with Gasteiger partial charge in [-0.2, -0.15) is 13.2 Å². The molecular formula is C27H30F3N3O3. The van der Waals surface area contributed by atoms with Crippen LogP contribution >= 0.6 is 0 Å². The lowest BCUT2D eigenvalue weighted by Gasteiger charge is -2.35. The van der Waals surface area contributed by atoms with Crippen molar-refractivity contribution in [2.45, 2.75) is 64.3 Å². The van der Waals surface area contributed by atoms with Crippen molar-refractivity contribution in [2.24, 2.45) is 5.92 Å². The predicted octanol–water partition coefficient (Wildman–Crippen LogP) is 6.07. The summed E-state index contributed by atoms with van der Waals surface area (Å²) in [5.41, 5.74) is 0.0152. The summed E-state index contributed by atoms with van der Waals surface area (Å²) in [6.07, 6.45) is -2.55. The number of hydrogen-bond donors (Lipinski definition) is 2. The van der Waals surface area contributed by atoms with Crippen molar-refractivity contribution in [1.82, 2.24) is 9.97 Å². The van der Waals surface area contributed by atoms with Crippen LogP contribution in [0.5, 0.6) is 0 Å². The molecule has 192 valence electrons. The molecule has 0 bridgehead atoms. The van der Waals surface area contributed by atoms with Crippen LogP contribution in [-0.4, -0.2) is 27.7 Å². The maximum atomic E-state index is 13.2. The van der Waals surface area contributed by atoms with E-state index in [2.05, 4.69) is 15.3 Å². The topological polar surface area (TPSA) is 84.3 Å². The lowest BCUT2D eigenvalue weighted by atomic mass is 9.75. The number of aryl methyl sites for hydroxylation is 1. The molecule has 1 aliphatic rings. The molecule has 1 heterocycles. The van der Waals surface area contributed by atoms with Crippen LogP contribution in [0.25, 0.3) is 10.9 Å². The number of anilines is 1. The van der Waals surface area contributed by atoms with Gasteiger partial charge in [-0.25, -0.2) is 9.97 Å². The van der Waals surface area contributed by atoms with Gasteiger partial charge >= 0.3 is 12.1 Å². The van der Waals surface area contributed by atoms with E-state index in [1.807, 2.05) is 18.2 Å². The molecule has 0 spiro atoms. The van der Waals surface area contributed by atoms with E-state index >= 15 is 0 Å². The van der Waals surface area contributed by atoms with Gasteiger partial charge in [0.2, 0.25) is 0 Å². The summed E-state index contributed by atoms with van der Waals surface area (Å²) < 4.78 is 44.7. The molecule has 0 amide bonds. The normalized spacial score (nSPS) is 21.2. The van der Waals surface area contributed by atoms with Crippen LogP contribution in [0, 0.1) is 12.8 Å². The summed E-state index contributed by atoms with van der Waals surface area (Å²) in [6, 6.07) is 10.2. The van der Waals surface area contributed by atoms with Crippen LogP contribution in [-0.2, 0) is 21.3 Å². The highest BCUT2D eigenvalue weighted by Gasteiger charge is 2.38. The number of nitrogens with zero attached hydrogens (tertiary/aromatic N) is 2. The lowest BCUT2D eigenvalue weighted by molar-refractivity contribution is -0.151. The standard InChI is InChI=1S/C27H30F3N3O3/c1-4-36-25(34)18-10-12-26(35,13-11-18)20-8-9-23-22(15-20)24(33-17(3)32-23)31-16(2)19-6-5-7-21(14-19)27(28,29)30/h5-9,14-16,18,35H,4,10-13H2,1-3H3,(H,31,32,33)/t16-,18-,26-/m1/s1. The highest BCUT2D eigenvalue weighted by molar-refractivity contribution is 5.90. The number of carbonyl (C=O) groups excluding carboxylic acids is 1. The minimum atomic E-state index is -4.43. The molecule has 2 aromatic carbocycles. The monoisotopic (exact) mass is 501 g/mol. The average Bonchev–Trinajstić information content (AvgIpc) is 2.84. The number of nitrogens with one attached hydrogen (secondary N) is 1. The van der Waals surface area contributed by atoms with Crippen molar-refractivity contribution in [3.8, 4) is 0 Å². The SMILES string of the molecule is CCOC(=O)[C@H]1CC[C@@](O)(c2ccc3nc(C)nc(N[C@H](C)c4cccc(C(F)(F)F)c4)c3c2)CC1. The highest BCUT2D eigenvalue weighted by Crippen LogP contribution is 2.41. The van der Waals surface area contributed by atoms with E-state index in [4.69, 9.17) is 4.74 Å². The van der Waals surface area contributed by atoms with Gasteiger partial charge in [-0.1, -0.05) is 18.2 Å². The summed E-state index contributed by atoms with van der Waals surface area (Å²) in [5, 5.41) is 15.3. The molecule has 0 aliphatic heterocycles. The fraction of sp³-hybridized carbons (Fsp3) is 0.444. The van der Waals surface area contributed by atoms with Gasteiger partial charge in [0.15, 0.2) is 0 Å². The van der Waals surface area contributed by atoms with Crippen molar-refractivity contribution >= 4 is 22.7 Å². The smallest absolute Gasteiger partial charge is 0.416 e. The Balaban J connectivity index is 1.62. The molecule has 2 N–H and O–H groups in total. The summed E-state index contributed by atoms with van der Waals surface area (Å²) in [4.78, 5) is 21.1. The van der Waals surface area contributed by atoms with E-state index in [9.17, 15) is 23.1 Å². The third kappa shape index (κ3) is 5.46. The first kappa shape index (κ1) is 25.9. The Kier molecular flexibility index (Phi) is 7.22. The van der Waals surface area contributed by atoms with Crippen molar-refractivity contribution in [2.75, 3.05) is 11.9 Å². The fourth-order valence-electron chi connectivity index (χ4n) is 4.80. The van der Waals surface area contributed by atoms with Crippen LogP contribution in [0.3, 0.4) is 0 Å². The molecule has 1 aromatic heterocycles. The number of esters is 1. The molecule has 3 aromatic rings. The molecule has 1 saturated carbocycles. The molecule has 0 unspecified atom stereocenters. The number of ether oxygens (including phenoxy) is 1. The molecule has 36 heavy (non-hydrogen) atoms. The molecule has 0 radical (unpaired) electrons. The largest absolute Gasteiger partial charge is 0.466 e. The van der Waals surface area contributed by atoms with Crippen molar-refractivity contribution in [1.29, 1.82) is 0 Å². The summed E-state index contributed by atoms with van der Waals surface area (Å²) >= 11 is 0. The maximum absolute atomic E-state index is 13.2. The molecule has 6 nitrogen and oxygen atoms in total. The van der Waals surface area contributed by atoms with Crippen LogP contribution < -0.4 is 5.32 Å². The Morgan fingerprint density at radius 2 is 1.92 bits per heavy atom. The number of halogens is 3. The molecule has 1 aliphatic carbocycles.